The fourth-order valence-electron chi connectivity index (χ4n) is 3.28. The van der Waals surface area contributed by atoms with Gasteiger partial charge in [0, 0.05) is 16.2 Å². The molecule has 2 aromatic carbocycles. The van der Waals surface area contributed by atoms with Crippen molar-refractivity contribution in [1.29, 1.82) is 0 Å². The number of carbonyl (C=O) groups is 2. The van der Waals surface area contributed by atoms with Gasteiger partial charge < -0.3 is 0 Å². The molecule has 0 unspecified atom stereocenters. The van der Waals surface area contributed by atoms with Crippen LogP contribution in [0.25, 0.3) is 28.0 Å². The number of fused-ring (bicyclic) bond motifs is 3. The van der Waals surface area contributed by atoms with E-state index in [-0.39, 0.29) is 5.56 Å². The highest BCUT2D eigenvalue weighted by Crippen LogP contribution is 2.34. The van der Waals surface area contributed by atoms with Gasteiger partial charge in [-0.1, -0.05) is 46.3 Å². The minimum absolute atomic E-state index is 0.278. The van der Waals surface area contributed by atoms with E-state index in [1.807, 2.05) is 54.6 Å². The van der Waals surface area contributed by atoms with Gasteiger partial charge in [0.15, 0.2) is 5.65 Å². The first kappa shape index (κ1) is 15.9. The average Bonchev–Trinajstić information content (AvgIpc) is 3.21. The van der Waals surface area contributed by atoms with Gasteiger partial charge in [-0.05, 0) is 24.3 Å². The molecule has 2 amide bonds. The first-order valence-corrected chi connectivity index (χ1v) is 9.01. The van der Waals surface area contributed by atoms with Crippen molar-refractivity contribution in [3.63, 3.8) is 0 Å². The van der Waals surface area contributed by atoms with E-state index >= 15 is 0 Å². The predicted molar refractivity (Wildman–Crippen MR) is 104 cm³/mol. The Morgan fingerprint density at radius 2 is 1.67 bits per heavy atom. The first-order valence-electron chi connectivity index (χ1n) is 8.22. The maximum atomic E-state index is 12.5. The summed E-state index contributed by atoms with van der Waals surface area (Å²) >= 11 is 3.43. The molecule has 1 aliphatic heterocycles. The number of nitrogens with one attached hydrogen (secondary N) is 1. The van der Waals surface area contributed by atoms with E-state index < -0.39 is 11.8 Å². The van der Waals surface area contributed by atoms with Crippen LogP contribution >= 0.6 is 15.9 Å². The molecule has 0 fully saturated rings. The van der Waals surface area contributed by atoms with Crippen molar-refractivity contribution < 1.29 is 9.59 Å². The Balaban J connectivity index is 1.89. The van der Waals surface area contributed by atoms with E-state index in [0.29, 0.717) is 22.3 Å². The lowest BCUT2D eigenvalue weighted by Gasteiger charge is -2.03. The standard InChI is InChI=1S/C20H11BrN4O2/c21-12-6-8-13(9-7-12)25-18-16(17(24-25)11-4-2-1-3-5-11)15-14(10-22-18)19(26)23-20(15)27/h1-10H,(H,23,26,27). The number of halogens is 1. The lowest BCUT2D eigenvalue weighted by molar-refractivity contribution is 0.0880. The number of hydrogen-bond acceptors (Lipinski definition) is 4. The lowest BCUT2D eigenvalue weighted by atomic mass is 10.0. The maximum Gasteiger partial charge on any atom is 0.260 e. The van der Waals surface area contributed by atoms with Gasteiger partial charge >= 0.3 is 0 Å². The van der Waals surface area contributed by atoms with Gasteiger partial charge in [-0.15, -0.1) is 0 Å². The minimum Gasteiger partial charge on any atom is -0.288 e. The second-order valence-electron chi connectivity index (χ2n) is 6.13. The molecule has 3 heterocycles. The summed E-state index contributed by atoms with van der Waals surface area (Å²) in [4.78, 5) is 29.0. The van der Waals surface area contributed by atoms with Crippen LogP contribution in [0.15, 0.2) is 65.3 Å². The van der Waals surface area contributed by atoms with Crippen molar-refractivity contribution in [2.75, 3.05) is 0 Å². The molecule has 1 aliphatic rings. The largest absolute Gasteiger partial charge is 0.288 e. The van der Waals surface area contributed by atoms with Crippen molar-refractivity contribution in [2.24, 2.45) is 0 Å². The molecular formula is C20H11BrN4O2. The first-order chi connectivity index (χ1) is 13.1. The third-order valence-corrected chi connectivity index (χ3v) is 5.04. The Morgan fingerprint density at radius 1 is 0.926 bits per heavy atom. The molecule has 0 atom stereocenters. The van der Waals surface area contributed by atoms with Gasteiger partial charge in [0.1, 0.15) is 5.69 Å². The molecule has 0 saturated heterocycles. The number of nitrogens with zero attached hydrogens (tertiary/aromatic N) is 3. The summed E-state index contributed by atoms with van der Waals surface area (Å²) in [6, 6.07) is 17.2. The molecule has 0 spiro atoms. The Hall–Kier alpha value is -3.32. The molecular weight excluding hydrogens is 408 g/mol. The van der Waals surface area contributed by atoms with Crippen LogP contribution in [-0.2, 0) is 0 Å². The Labute approximate surface area is 162 Å². The van der Waals surface area contributed by atoms with Crippen LogP contribution in [0.4, 0.5) is 0 Å². The van der Waals surface area contributed by atoms with Gasteiger partial charge in [0.25, 0.3) is 11.8 Å². The van der Waals surface area contributed by atoms with Crippen LogP contribution in [0.5, 0.6) is 0 Å². The highest BCUT2D eigenvalue weighted by Gasteiger charge is 2.33. The highest BCUT2D eigenvalue weighted by molar-refractivity contribution is 9.10. The summed E-state index contributed by atoms with van der Waals surface area (Å²) in [5.41, 5.74) is 3.40. The van der Waals surface area contributed by atoms with Crippen molar-refractivity contribution in [3.05, 3.63) is 76.4 Å². The van der Waals surface area contributed by atoms with Crippen LogP contribution in [-0.4, -0.2) is 26.6 Å². The van der Waals surface area contributed by atoms with E-state index in [0.717, 1.165) is 15.7 Å². The number of aromatic nitrogens is 3. The molecule has 6 nitrogen and oxygen atoms in total. The molecule has 5 rings (SSSR count). The van der Waals surface area contributed by atoms with Crippen molar-refractivity contribution in [2.45, 2.75) is 0 Å². The fraction of sp³-hybridized carbons (Fsp3) is 0. The second kappa shape index (κ2) is 5.85. The summed E-state index contributed by atoms with van der Waals surface area (Å²) in [6.07, 6.45) is 1.43. The lowest BCUT2D eigenvalue weighted by Crippen LogP contribution is -2.20. The van der Waals surface area contributed by atoms with Crippen molar-refractivity contribution in [1.82, 2.24) is 20.1 Å². The van der Waals surface area contributed by atoms with Crippen LogP contribution in [0.2, 0.25) is 0 Å². The van der Waals surface area contributed by atoms with Gasteiger partial charge in [-0.2, -0.15) is 5.10 Å². The number of imide groups is 1. The normalized spacial score (nSPS) is 13.1. The predicted octanol–water partition coefficient (Wildman–Crippen LogP) is 3.73. The molecule has 27 heavy (non-hydrogen) atoms. The fourth-order valence-corrected chi connectivity index (χ4v) is 3.55. The zero-order valence-corrected chi connectivity index (χ0v) is 15.4. The molecule has 0 aliphatic carbocycles. The molecule has 1 N–H and O–H groups in total. The highest BCUT2D eigenvalue weighted by atomic mass is 79.9. The topological polar surface area (TPSA) is 76.9 Å². The van der Waals surface area contributed by atoms with E-state index in [1.165, 1.54) is 6.20 Å². The SMILES string of the molecule is O=C1NC(=O)c2c1cnc1c2c(-c2ccccc2)nn1-c1ccc(Br)cc1. The van der Waals surface area contributed by atoms with Gasteiger partial charge in [-0.25, -0.2) is 9.67 Å². The third-order valence-electron chi connectivity index (χ3n) is 4.51. The maximum absolute atomic E-state index is 12.5. The van der Waals surface area contributed by atoms with Gasteiger partial charge in [0.05, 0.1) is 22.2 Å². The molecule has 2 aromatic heterocycles. The molecule has 0 bridgehead atoms. The van der Waals surface area contributed by atoms with Crippen LogP contribution < -0.4 is 5.32 Å². The minimum atomic E-state index is -0.431. The van der Waals surface area contributed by atoms with Gasteiger partial charge in [-0.3, -0.25) is 14.9 Å². The zero-order chi connectivity index (χ0) is 18.5. The smallest absolute Gasteiger partial charge is 0.260 e. The quantitative estimate of drug-likeness (QED) is 0.503. The number of pyridine rings is 1. The monoisotopic (exact) mass is 418 g/mol. The van der Waals surface area contributed by atoms with Crippen LogP contribution in [0.3, 0.4) is 0 Å². The summed E-state index contributed by atoms with van der Waals surface area (Å²) in [5, 5.41) is 7.67. The summed E-state index contributed by atoms with van der Waals surface area (Å²) < 4.78 is 2.64. The summed E-state index contributed by atoms with van der Waals surface area (Å²) in [7, 11) is 0. The molecule has 4 aromatic rings. The van der Waals surface area contributed by atoms with Crippen LogP contribution in [0.1, 0.15) is 20.7 Å². The number of benzene rings is 2. The zero-order valence-electron chi connectivity index (χ0n) is 13.8. The molecule has 0 radical (unpaired) electrons. The van der Waals surface area contributed by atoms with Crippen molar-refractivity contribution in [3.8, 4) is 16.9 Å². The number of hydrogen-bond donors (Lipinski definition) is 1. The van der Waals surface area contributed by atoms with Crippen molar-refractivity contribution >= 4 is 38.8 Å². The number of rotatable bonds is 2. The molecule has 130 valence electrons. The Kier molecular flexibility index (Phi) is 3.45. The second-order valence-corrected chi connectivity index (χ2v) is 7.05. The van der Waals surface area contributed by atoms with E-state index in [1.54, 1.807) is 4.68 Å². The van der Waals surface area contributed by atoms with E-state index in [9.17, 15) is 9.59 Å². The number of carbonyl (C=O) groups excluding carboxylic acids is 2. The Bertz CT molecular complexity index is 1230. The van der Waals surface area contributed by atoms with E-state index in [4.69, 9.17) is 5.10 Å². The third kappa shape index (κ3) is 2.39. The Morgan fingerprint density at radius 3 is 2.41 bits per heavy atom. The van der Waals surface area contributed by atoms with Gasteiger partial charge in [0.2, 0.25) is 0 Å². The number of amides is 2. The molecule has 0 saturated carbocycles. The molecule has 7 heteroatoms. The van der Waals surface area contributed by atoms with Crippen LogP contribution in [0, 0.1) is 0 Å². The summed E-state index contributed by atoms with van der Waals surface area (Å²) in [5.74, 6) is -0.852. The summed E-state index contributed by atoms with van der Waals surface area (Å²) in [6.45, 7) is 0. The van der Waals surface area contributed by atoms with E-state index in [2.05, 4.69) is 26.2 Å². The average molecular weight is 419 g/mol.